The Morgan fingerprint density at radius 3 is 3.00 bits per heavy atom. The third kappa shape index (κ3) is 2.26. The van der Waals surface area contributed by atoms with E-state index in [1.807, 2.05) is 25.2 Å². The fourth-order valence-electron chi connectivity index (χ4n) is 3.35. The van der Waals surface area contributed by atoms with Gasteiger partial charge in [0.25, 0.3) is 0 Å². The molecule has 0 radical (unpaired) electrons. The summed E-state index contributed by atoms with van der Waals surface area (Å²) < 4.78 is 0. The number of hydrogen-bond acceptors (Lipinski definition) is 5. The molecule has 6 nitrogen and oxygen atoms in total. The van der Waals surface area contributed by atoms with Crippen molar-refractivity contribution in [2.45, 2.75) is 19.4 Å². The third-order valence-electron chi connectivity index (χ3n) is 4.67. The first-order valence-corrected chi connectivity index (χ1v) is 7.87. The van der Waals surface area contributed by atoms with Crippen molar-refractivity contribution in [3.05, 3.63) is 30.1 Å². The van der Waals surface area contributed by atoms with E-state index in [-0.39, 0.29) is 5.78 Å². The molecule has 23 heavy (non-hydrogen) atoms. The van der Waals surface area contributed by atoms with Gasteiger partial charge in [-0.25, -0.2) is 9.97 Å². The molecule has 1 saturated heterocycles. The maximum atomic E-state index is 11.7. The first kappa shape index (κ1) is 14.1. The second-order valence-corrected chi connectivity index (χ2v) is 6.08. The Bertz CT molecular complexity index is 901. The van der Waals surface area contributed by atoms with E-state index in [1.165, 1.54) is 0 Å². The molecule has 118 valence electrons. The highest BCUT2D eigenvalue weighted by Gasteiger charge is 2.25. The Morgan fingerprint density at radius 1 is 1.39 bits per heavy atom. The van der Waals surface area contributed by atoms with Crippen molar-refractivity contribution in [1.82, 2.24) is 20.3 Å². The van der Waals surface area contributed by atoms with E-state index >= 15 is 0 Å². The molecule has 3 aromatic rings. The zero-order valence-corrected chi connectivity index (χ0v) is 13.3. The molecule has 2 N–H and O–H groups in total. The standard InChI is InChI=1S/C17H19N5O/c1-10(23)11-3-4-14-13(7-11)15-16(21-14)19-9-20-17(15)22-6-5-12(8-22)18-2/h3-4,7,9,12,18H,5-6,8H2,1-2H3,(H,19,20,21). The Kier molecular flexibility index (Phi) is 3.27. The van der Waals surface area contributed by atoms with Crippen LogP contribution in [0.3, 0.4) is 0 Å². The summed E-state index contributed by atoms with van der Waals surface area (Å²) in [5, 5.41) is 5.34. The van der Waals surface area contributed by atoms with Crippen molar-refractivity contribution in [1.29, 1.82) is 0 Å². The maximum absolute atomic E-state index is 11.7. The van der Waals surface area contributed by atoms with Crippen LogP contribution in [0.2, 0.25) is 0 Å². The molecule has 0 spiro atoms. The lowest BCUT2D eigenvalue weighted by molar-refractivity contribution is 0.101. The minimum Gasteiger partial charge on any atom is -0.354 e. The summed E-state index contributed by atoms with van der Waals surface area (Å²) >= 11 is 0. The van der Waals surface area contributed by atoms with E-state index < -0.39 is 0 Å². The van der Waals surface area contributed by atoms with E-state index in [4.69, 9.17) is 0 Å². The SMILES string of the molecule is CNC1CCN(c2ncnc3[nH]c4ccc(C(C)=O)cc4c23)C1. The summed E-state index contributed by atoms with van der Waals surface area (Å²) in [5.74, 6) is 1.01. The van der Waals surface area contributed by atoms with Gasteiger partial charge in [0, 0.05) is 35.6 Å². The molecule has 2 aromatic heterocycles. The number of Topliss-reactive ketones (excluding diaryl/α,β-unsaturated/α-hetero) is 1. The molecule has 1 atom stereocenters. The molecule has 1 unspecified atom stereocenters. The number of benzene rings is 1. The zero-order chi connectivity index (χ0) is 16.0. The predicted octanol–water partition coefficient (Wildman–Crippen LogP) is 2.11. The minimum absolute atomic E-state index is 0.0658. The van der Waals surface area contributed by atoms with Crippen LogP contribution in [-0.2, 0) is 0 Å². The lowest BCUT2D eigenvalue weighted by Gasteiger charge is -2.18. The monoisotopic (exact) mass is 309 g/mol. The average Bonchev–Trinajstić information content (AvgIpc) is 3.18. The lowest BCUT2D eigenvalue weighted by atomic mass is 10.1. The van der Waals surface area contributed by atoms with Crippen molar-refractivity contribution in [3.63, 3.8) is 0 Å². The highest BCUT2D eigenvalue weighted by molar-refractivity contribution is 6.13. The van der Waals surface area contributed by atoms with Crippen LogP contribution in [-0.4, -0.2) is 46.9 Å². The summed E-state index contributed by atoms with van der Waals surface area (Å²) in [6.45, 7) is 3.49. The van der Waals surface area contributed by atoms with E-state index in [0.717, 1.165) is 47.3 Å². The molecule has 0 bridgehead atoms. The van der Waals surface area contributed by atoms with Crippen LogP contribution in [0.1, 0.15) is 23.7 Å². The van der Waals surface area contributed by atoms with E-state index in [9.17, 15) is 4.79 Å². The van der Waals surface area contributed by atoms with Gasteiger partial charge in [0.15, 0.2) is 5.78 Å². The lowest BCUT2D eigenvalue weighted by Crippen LogP contribution is -2.29. The maximum Gasteiger partial charge on any atom is 0.159 e. The first-order chi connectivity index (χ1) is 11.2. The number of fused-ring (bicyclic) bond motifs is 3. The summed E-state index contributed by atoms with van der Waals surface area (Å²) in [6, 6.07) is 6.21. The average molecular weight is 309 g/mol. The fourth-order valence-corrected chi connectivity index (χ4v) is 3.35. The molecule has 0 amide bonds. The van der Waals surface area contributed by atoms with Gasteiger partial charge >= 0.3 is 0 Å². The number of rotatable bonds is 3. The van der Waals surface area contributed by atoms with Crippen LogP contribution in [0.25, 0.3) is 21.9 Å². The van der Waals surface area contributed by atoms with Gasteiger partial charge in [-0.2, -0.15) is 0 Å². The number of likely N-dealkylation sites (N-methyl/N-ethyl adjacent to an activating group) is 1. The van der Waals surface area contributed by atoms with Gasteiger partial charge in [0.1, 0.15) is 17.8 Å². The molecule has 0 aliphatic carbocycles. The van der Waals surface area contributed by atoms with Crippen LogP contribution in [0.4, 0.5) is 5.82 Å². The van der Waals surface area contributed by atoms with E-state index in [0.29, 0.717) is 11.6 Å². The van der Waals surface area contributed by atoms with Gasteiger partial charge in [-0.15, -0.1) is 0 Å². The number of carbonyl (C=O) groups excluding carboxylic acids is 1. The van der Waals surface area contributed by atoms with Gasteiger partial charge < -0.3 is 15.2 Å². The van der Waals surface area contributed by atoms with Crippen LogP contribution in [0.15, 0.2) is 24.5 Å². The topological polar surface area (TPSA) is 73.9 Å². The second kappa shape index (κ2) is 5.31. The summed E-state index contributed by atoms with van der Waals surface area (Å²) in [5.41, 5.74) is 2.51. The molecular formula is C17H19N5O. The molecule has 3 heterocycles. The molecule has 4 rings (SSSR count). The van der Waals surface area contributed by atoms with Crippen molar-refractivity contribution in [2.75, 3.05) is 25.0 Å². The number of aromatic nitrogens is 3. The smallest absolute Gasteiger partial charge is 0.159 e. The highest BCUT2D eigenvalue weighted by Crippen LogP contribution is 2.33. The van der Waals surface area contributed by atoms with Crippen LogP contribution < -0.4 is 10.2 Å². The number of hydrogen-bond donors (Lipinski definition) is 2. The summed E-state index contributed by atoms with van der Waals surface area (Å²) in [7, 11) is 1.99. The molecule has 6 heteroatoms. The Morgan fingerprint density at radius 2 is 2.26 bits per heavy atom. The van der Waals surface area contributed by atoms with Crippen molar-refractivity contribution >= 4 is 33.5 Å². The van der Waals surface area contributed by atoms with Crippen LogP contribution >= 0.6 is 0 Å². The molecule has 1 fully saturated rings. The molecule has 1 aliphatic rings. The molecule has 0 saturated carbocycles. The summed E-state index contributed by atoms with van der Waals surface area (Å²) in [4.78, 5) is 26.2. The van der Waals surface area contributed by atoms with Gasteiger partial charge in [-0.05, 0) is 38.6 Å². The first-order valence-electron chi connectivity index (χ1n) is 7.87. The van der Waals surface area contributed by atoms with Crippen molar-refractivity contribution in [3.8, 4) is 0 Å². The zero-order valence-electron chi connectivity index (χ0n) is 13.3. The van der Waals surface area contributed by atoms with Crippen molar-refractivity contribution in [2.24, 2.45) is 0 Å². The second-order valence-electron chi connectivity index (χ2n) is 6.08. The van der Waals surface area contributed by atoms with Crippen molar-refractivity contribution < 1.29 is 4.79 Å². The van der Waals surface area contributed by atoms with Gasteiger partial charge in [-0.3, -0.25) is 4.79 Å². The molecule has 1 aromatic carbocycles. The number of nitrogens with zero attached hydrogens (tertiary/aromatic N) is 3. The number of anilines is 1. The predicted molar refractivity (Wildman–Crippen MR) is 91.1 cm³/mol. The number of carbonyl (C=O) groups is 1. The van der Waals surface area contributed by atoms with E-state index in [1.54, 1.807) is 13.3 Å². The van der Waals surface area contributed by atoms with Crippen LogP contribution in [0, 0.1) is 0 Å². The minimum atomic E-state index is 0.0658. The highest BCUT2D eigenvalue weighted by atomic mass is 16.1. The summed E-state index contributed by atoms with van der Waals surface area (Å²) in [6.07, 6.45) is 2.70. The quantitative estimate of drug-likeness (QED) is 0.725. The van der Waals surface area contributed by atoms with E-state index in [2.05, 4.69) is 25.2 Å². The number of aromatic amines is 1. The molecule has 1 aliphatic heterocycles. The fraction of sp³-hybridized carbons (Fsp3) is 0.353. The van der Waals surface area contributed by atoms with Gasteiger partial charge in [-0.1, -0.05) is 0 Å². The third-order valence-corrected chi connectivity index (χ3v) is 4.67. The largest absolute Gasteiger partial charge is 0.354 e. The molecular weight excluding hydrogens is 290 g/mol. The normalized spacial score (nSPS) is 18.2. The Balaban J connectivity index is 1.92. The Labute approximate surface area is 133 Å². The van der Waals surface area contributed by atoms with Gasteiger partial charge in [0.2, 0.25) is 0 Å². The number of ketones is 1. The number of H-pyrrole nitrogens is 1. The van der Waals surface area contributed by atoms with Gasteiger partial charge in [0.05, 0.1) is 5.39 Å². The number of nitrogens with one attached hydrogen (secondary N) is 2. The van der Waals surface area contributed by atoms with Crippen LogP contribution in [0.5, 0.6) is 0 Å². The Hall–Kier alpha value is -2.47.